The molecule has 4 rings (SSSR count). The Kier molecular flexibility index (Phi) is 7.19. The number of hydrogen-bond acceptors (Lipinski definition) is 5. The van der Waals surface area contributed by atoms with Crippen LogP contribution in [0.2, 0.25) is 0 Å². The lowest BCUT2D eigenvalue weighted by molar-refractivity contribution is -0.113. The van der Waals surface area contributed by atoms with Gasteiger partial charge in [0.25, 0.3) is 0 Å². The quantitative estimate of drug-likeness (QED) is 0.376. The first-order chi connectivity index (χ1) is 15.7. The van der Waals surface area contributed by atoms with Crippen molar-refractivity contribution in [3.05, 3.63) is 96.3 Å². The maximum absolute atomic E-state index is 12.6. The molecule has 1 N–H and O–H groups in total. The van der Waals surface area contributed by atoms with Gasteiger partial charge in [-0.15, -0.1) is 10.2 Å². The van der Waals surface area contributed by atoms with Crippen LogP contribution in [0.3, 0.4) is 0 Å². The molecule has 0 radical (unpaired) electrons. The molecule has 3 aromatic carbocycles. The Hall–Kier alpha value is -3.58. The van der Waals surface area contributed by atoms with E-state index >= 15 is 0 Å². The third kappa shape index (κ3) is 5.36. The zero-order valence-corrected chi connectivity index (χ0v) is 18.6. The summed E-state index contributed by atoms with van der Waals surface area (Å²) in [5.74, 6) is 1.57. The van der Waals surface area contributed by atoms with E-state index in [0.717, 1.165) is 24.4 Å². The Morgan fingerprint density at radius 3 is 2.34 bits per heavy atom. The second-order valence-electron chi connectivity index (χ2n) is 7.09. The first-order valence-electron chi connectivity index (χ1n) is 10.3. The molecule has 162 valence electrons. The van der Waals surface area contributed by atoms with Crippen LogP contribution in [0, 0.1) is 0 Å². The van der Waals surface area contributed by atoms with Gasteiger partial charge in [-0.1, -0.05) is 72.4 Å². The number of rotatable bonds is 9. The highest BCUT2D eigenvalue weighted by atomic mass is 32.2. The largest absolute Gasteiger partial charge is 0.495 e. The molecule has 0 fully saturated rings. The summed E-state index contributed by atoms with van der Waals surface area (Å²) in [6, 6.07) is 27.7. The van der Waals surface area contributed by atoms with Gasteiger partial charge in [-0.2, -0.15) is 0 Å². The number of amides is 1. The van der Waals surface area contributed by atoms with E-state index in [9.17, 15) is 4.79 Å². The van der Waals surface area contributed by atoms with Gasteiger partial charge in [0.2, 0.25) is 5.91 Å². The highest BCUT2D eigenvalue weighted by Crippen LogP contribution is 2.25. The van der Waals surface area contributed by atoms with Gasteiger partial charge in [0.15, 0.2) is 5.16 Å². The van der Waals surface area contributed by atoms with Gasteiger partial charge >= 0.3 is 0 Å². The molecule has 32 heavy (non-hydrogen) atoms. The molecule has 4 aromatic rings. The van der Waals surface area contributed by atoms with Gasteiger partial charge in [-0.3, -0.25) is 9.36 Å². The molecular formula is C25H24N4O2S. The number of methoxy groups -OCH3 is 1. The summed E-state index contributed by atoms with van der Waals surface area (Å²) in [4.78, 5) is 12.6. The van der Waals surface area contributed by atoms with E-state index in [2.05, 4.69) is 27.6 Å². The average molecular weight is 445 g/mol. The van der Waals surface area contributed by atoms with Crippen LogP contribution in [0.4, 0.5) is 5.69 Å². The molecule has 0 aliphatic carbocycles. The number of anilines is 1. The van der Waals surface area contributed by atoms with Crippen molar-refractivity contribution in [1.29, 1.82) is 0 Å². The highest BCUT2D eigenvalue weighted by Gasteiger charge is 2.16. The van der Waals surface area contributed by atoms with Gasteiger partial charge in [-0.25, -0.2) is 0 Å². The van der Waals surface area contributed by atoms with E-state index in [0.29, 0.717) is 16.6 Å². The summed E-state index contributed by atoms with van der Waals surface area (Å²) in [6.07, 6.45) is 1.62. The molecular weight excluding hydrogens is 420 g/mol. The van der Waals surface area contributed by atoms with Gasteiger partial charge in [0.05, 0.1) is 18.6 Å². The van der Waals surface area contributed by atoms with Gasteiger partial charge in [0.1, 0.15) is 11.6 Å². The summed E-state index contributed by atoms with van der Waals surface area (Å²) in [5.41, 5.74) is 2.88. The van der Waals surface area contributed by atoms with E-state index in [4.69, 9.17) is 4.74 Å². The summed E-state index contributed by atoms with van der Waals surface area (Å²) in [5, 5.41) is 12.4. The zero-order valence-electron chi connectivity index (χ0n) is 17.8. The number of para-hydroxylation sites is 3. The fourth-order valence-electron chi connectivity index (χ4n) is 3.36. The number of nitrogens with one attached hydrogen (secondary N) is 1. The normalized spacial score (nSPS) is 10.7. The molecule has 1 heterocycles. The number of nitrogens with zero attached hydrogens (tertiary/aromatic N) is 3. The van der Waals surface area contributed by atoms with E-state index in [1.54, 1.807) is 7.11 Å². The van der Waals surface area contributed by atoms with E-state index in [1.165, 1.54) is 17.3 Å². The molecule has 0 saturated carbocycles. The molecule has 0 atom stereocenters. The first kappa shape index (κ1) is 21.6. The monoisotopic (exact) mass is 444 g/mol. The zero-order chi connectivity index (χ0) is 22.2. The third-order valence-electron chi connectivity index (χ3n) is 4.91. The van der Waals surface area contributed by atoms with E-state index < -0.39 is 0 Å². The van der Waals surface area contributed by atoms with Crippen molar-refractivity contribution in [2.75, 3.05) is 18.2 Å². The van der Waals surface area contributed by atoms with Gasteiger partial charge < -0.3 is 10.1 Å². The fourth-order valence-corrected chi connectivity index (χ4v) is 4.13. The predicted octanol–water partition coefficient (Wildman–Crippen LogP) is 4.79. The predicted molar refractivity (Wildman–Crippen MR) is 128 cm³/mol. The van der Waals surface area contributed by atoms with Crippen molar-refractivity contribution < 1.29 is 9.53 Å². The van der Waals surface area contributed by atoms with Crippen LogP contribution in [0.25, 0.3) is 5.69 Å². The van der Waals surface area contributed by atoms with Crippen LogP contribution in [0.5, 0.6) is 5.75 Å². The second-order valence-corrected chi connectivity index (χ2v) is 8.03. The van der Waals surface area contributed by atoms with Crippen molar-refractivity contribution in [3.63, 3.8) is 0 Å². The fraction of sp³-hybridized carbons (Fsp3) is 0.160. The second kappa shape index (κ2) is 10.6. The molecule has 1 amide bonds. The standard InChI is InChI=1S/C25H24N4O2S/c1-31-22-15-9-8-14-21(22)26-24(30)18-32-25-28-27-23(17-16-19-10-4-2-5-11-19)29(25)20-12-6-3-7-13-20/h2-15H,16-18H2,1H3,(H,26,30). The summed E-state index contributed by atoms with van der Waals surface area (Å²) < 4.78 is 7.34. The molecule has 0 bridgehead atoms. The number of hydrogen-bond donors (Lipinski definition) is 1. The van der Waals surface area contributed by atoms with Crippen LogP contribution < -0.4 is 10.1 Å². The Balaban J connectivity index is 1.49. The minimum atomic E-state index is -0.132. The van der Waals surface area contributed by atoms with Crippen LogP contribution in [-0.2, 0) is 17.6 Å². The van der Waals surface area contributed by atoms with Crippen LogP contribution in [-0.4, -0.2) is 33.5 Å². The van der Waals surface area contributed by atoms with Crippen LogP contribution in [0.1, 0.15) is 11.4 Å². The molecule has 0 saturated heterocycles. The maximum atomic E-state index is 12.6. The molecule has 0 aliphatic rings. The first-order valence-corrected chi connectivity index (χ1v) is 11.3. The van der Waals surface area contributed by atoms with E-state index in [1.807, 2.05) is 77.4 Å². The molecule has 1 aromatic heterocycles. The summed E-state index contributed by atoms with van der Waals surface area (Å²) >= 11 is 1.36. The number of aryl methyl sites for hydroxylation is 2. The Bertz CT molecular complexity index is 1160. The minimum absolute atomic E-state index is 0.132. The number of carbonyl (C=O) groups is 1. The van der Waals surface area contributed by atoms with Gasteiger partial charge in [-0.05, 0) is 36.2 Å². The lowest BCUT2D eigenvalue weighted by atomic mass is 10.1. The third-order valence-corrected chi connectivity index (χ3v) is 5.84. The number of benzene rings is 3. The Morgan fingerprint density at radius 2 is 1.59 bits per heavy atom. The number of carbonyl (C=O) groups excluding carboxylic acids is 1. The minimum Gasteiger partial charge on any atom is -0.495 e. The molecule has 0 aliphatic heterocycles. The summed E-state index contributed by atoms with van der Waals surface area (Å²) in [7, 11) is 1.58. The molecule has 6 nitrogen and oxygen atoms in total. The summed E-state index contributed by atoms with van der Waals surface area (Å²) in [6.45, 7) is 0. The topological polar surface area (TPSA) is 69.0 Å². The van der Waals surface area contributed by atoms with Crippen LogP contribution in [0.15, 0.2) is 90.1 Å². The molecule has 7 heteroatoms. The highest BCUT2D eigenvalue weighted by molar-refractivity contribution is 7.99. The average Bonchev–Trinajstić information content (AvgIpc) is 3.26. The van der Waals surface area contributed by atoms with Crippen LogP contribution >= 0.6 is 11.8 Å². The lowest BCUT2D eigenvalue weighted by Gasteiger charge is -2.11. The molecule has 0 spiro atoms. The number of aromatic nitrogens is 3. The van der Waals surface area contributed by atoms with Crippen molar-refractivity contribution in [3.8, 4) is 11.4 Å². The Labute approximate surface area is 191 Å². The van der Waals surface area contributed by atoms with Crippen molar-refractivity contribution >= 4 is 23.4 Å². The number of ether oxygens (including phenoxy) is 1. The Morgan fingerprint density at radius 1 is 0.906 bits per heavy atom. The van der Waals surface area contributed by atoms with Crippen molar-refractivity contribution in [2.45, 2.75) is 18.0 Å². The lowest BCUT2D eigenvalue weighted by Crippen LogP contribution is -2.15. The van der Waals surface area contributed by atoms with Gasteiger partial charge in [0, 0.05) is 12.1 Å². The maximum Gasteiger partial charge on any atom is 0.234 e. The molecule has 0 unspecified atom stereocenters. The SMILES string of the molecule is COc1ccccc1NC(=O)CSc1nnc(CCc2ccccc2)n1-c1ccccc1. The number of thioether (sulfide) groups is 1. The van der Waals surface area contributed by atoms with Crippen molar-refractivity contribution in [1.82, 2.24) is 14.8 Å². The van der Waals surface area contributed by atoms with Crippen molar-refractivity contribution in [2.24, 2.45) is 0 Å². The smallest absolute Gasteiger partial charge is 0.234 e. The van der Waals surface area contributed by atoms with E-state index in [-0.39, 0.29) is 11.7 Å².